The number of carbonyl (C=O) groups is 1. The zero-order chi connectivity index (χ0) is 18.6. The maximum Gasteiger partial charge on any atom is 0.416 e. The molecule has 0 saturated carbocycles. The van der Waals surface area contributed by atoms with Gasteiger partial charge in [0.15, 0.2) is 0 Å². The Hall–Kier alpha value is -2.28. The molecule has 0 bridgehead atoms. The Morgan fingerprint density at radius 3 is 2.46 bits per heavy atom. The van der Waals surface area contributed by atoms with Gasteiger partial charge in [0, 0.05) is 31.9 Å². The van der Waals surface area contributed by atoms with Crippen LogP contribution in [0.3, 0.4) is 0 Å². The molecule has 2 amide bonds. The maximum absolute atomic E-state index is 12.5. The van der Waals surface area contributed by atoms with Gasteiger partial charge in [0.05, 0.1) is 5.56 Å². The predicted molar refractivity (Wildman–Crippen MR) is 94.9 cm³/mol. The first-order chi connectivity index (χ1) is 12.4. The summed E-state index contributed by atoms with van der Waals surface area (Å²) in [5.74, 6) is 0. The number of likely N-dealkylation sites (tertiary alicyclic amines) is 1. The number of benzene rings is 1. The lowest BCUT2D eigenvalue weighted by Gasteiger charge is -2.32. The fraction of sp³-hybridized carbons (Fsp3) is 0.421. The van der Waals surface area contributed by atoms with Gasteiger partial charge in [0.25, 0.3) is 0 Å². The fourth-order valence-electron chi connectivity index (χ4n) is 3.24. The fourth-order valence-corrected chi connectivity index (χ4v) is 3.24. The first-order valence-electron chi connectivity index (χ1n) is 8.75. The largest absolute Gasteiger partial charge is 0.416 e. The number of nitrogens with one attached hydrogen (secondary N) is 2. The van der Waals surface area contributed by atoms with Gasteiger partial charge in [-0.2, -0.15) is 13.2 Å². The van der Waals surface area contributed by atoms with Crippen LogP contribution in [0.2, 0.25) is 0 Å². The van der Waals surface area contributed by atoms with Gasteiger partial charge in [0.2, 0.25) is 0 Å². The first-order valence-corrected chi connectivity index (χ1v) is 8.75. The molecule has 2 N–H and O–H groups in total. The van der Waals surface area contributed by atoms with Crippen LogP contribution in [0.1, 0.15) is 24.8 Å². The number of hydrogen-bond donors (Lipinski definition) is 2. The molecule has 1 aromatic rings. The molecular weight excluding hydrogens is 343 g/mol. The van der Waals surface area contributed by atoms with Crippen molar-refractivity contribution in [2.75, 3.05) is 31.5 Å². The molecule has 0 unspecified atom stereocenters. The van der Waals surface area contributed by atoms with Gasteiger partial charge in [-0.05, 0) is 54.7 Å². The van der Waals surface area contributed by atoms with Gasteiger partial charge in [0.1, 0.15) is 0 Å². The minimum Gasteiger partial charge on any atom is -0.337 e. The number of carbonyl (C=O) groups excluding carboxylic acids is 1. The quantitative estimate of drug-likeness (QED) is 0.841. The number of alkyl halides is 3. The first kappa shape index (κ1) is 18.5. The van der Waals surface area contributed by atoms with Crippen LogP contribution >= 0.6 is 0 Å². The summed E-state index contributed by atoms with van der Waals surface area (Å²) in [7, 11) is 0. The summed E-state index contributed by atoms with van der Waals surface area (Å²) < 4.78 is 37.6. The van der Waals surface area contributed by atoms with Crippen LogP contribution in [0.5, 0.6) is 0 Å². The highest BCUT2D eigenvalue weighted by molar-refractivity contribution is 5.89. The highest BCUT2D eigenvalue weighted by Gasteiger charge is 2.30. The van der Waals surface area contributed by atoms with Gasteiger partial charge >= 0.3 is 12.2 Å². The van der Waals surface area contributed by atoms with E-state index in [2.05, 4.69) is 27.7 Å². The molecule has 0 aromatic heterocycles. The SMILES string of the molecule is O=C(NCCN1CCC2=CCCC=C2C1)Nc1ccc(C(F)(F)F)cc1. The second kappa shape index (κ2) is 7.95. The van der Waals surface area contributed by atoms with Crippen LogP contribution in [0.4, 0.5) is 23.7 Å². The summed E-state index contributed by atoms with van der Waals surface area (Å²) in [4.78, 5) is 14.2. The van der Waals surface area contributed by atoms with Crippen molar-refractivity contribution in [2.45, 2.75) is 25.4 Å². The Kier molecular flexibility index (Phi) is 5.66. The minimum absolute atomic E-state index is 0.329. The average molecular weight is 365 g/mol. The number of hydrogen-bond acceptors (Lipinski definition) is 2. The lowest BCUT2D eigenvalue weighted by Crippen LogP contribution is -2.40. The number of anilines is 1. The smallest absolute Gasteiger partial charge is 0.337 e. The van der Waals surface area contributed by atoms with Crippen LogP contribution in [-0.2, 0) is 6.18 Å². The van der Waals surface area contributed by atoms with Crippen molar-refractivity contribution in [3.8, 4) is 0 Å². The normalized spacial score (nSPS) is 17.8. The minimum atomic E-state index is -4.38. The number of piperidine rings is 1. The van der Waals surface area contributed by atoms with E-state index in [-0.39, 0.29) is 0 Å². The number of rotatable bonds is 4. The molecule has 4 nitrogen and oxygen atoms in total. The number of amides is 2. The molecule has 2 aliphatic rings. The number of fused-ring (bicyclic) bond motifs is 1. The topological polar surface area (TPSA) is 44.4 Å². The average Bonchev–Trinajstić information content (AvgIpc) is 2.61. The van der Waals surface area contributed by atoms with E-state index in [1.807, 2.05) is 0 Å². The molecule has 1 fully saturated rings. The number of urea groups is 1. The number of halogens is 3. The predicted octanol–water partition coefficient (Wildman–Crippen LogP) is 4.18. The lowest BCUT2D eigenvalue weighted by molar-refractivity contribution is -0.137. The molecule has 0 radical (unpaired) electrons. The van der Waals surface area contributed by atoms with Gasteiger partial charge in [-0.3, -0.25) is 4.90 Å². The number of nitrogens with zero attached hydrogens (tertiary/aromatic N) is 1. The van der Waals surface area contributed by atoms with Crippen molar-refractivity contribution >= 4 is 11.7 Å². The van der Waals surface area contributed by atoms with E-state index in [0.717, 1.165) is 51.0 Å². The second-order valence-corrected chi connectivity index (χ2v) is 6.52. The molecule has 140 valence electrons. The molecular formula is C19H22F3N3O. The van der Waals surface area contributed by atoms with E-state index in [1.165, 1.54) is 23.3 Å². The van der Waals surface area contributed by atoms with Crippen LogP contribution < -0.4 is 10.6 Å². The van der Waals surface area contributed by atoms with Gasteiger partial charge < -0.3 is 10.6 Å². The second-order valence-electron chi connectivity index (χ2n) is 6.52. The van der Waals surface area contributed by atoms with E-state index >= 15 is 0 Å². The Morgan fingerprint density at radius 1 is 1.08 bits per heavy atom. The molecule has 1 aliphatic carbocycles. The van der Waals surface area contributed by atoms with E-state index in [1.54, 1.807) is 0 Å². The van der Waals surface area contributed by atoms with Crippen LogP contribution in [0.15, 0.2) is 47.6 Å². The Balaban J connectivity index is 1.40. The Bertz CT molecular complexity index is 708. The van der Waals surface area contributed by atoms with E-state index in [9.17, 15) is 18.0 Å². The molecule has 0 atom stereocenters. The number of allylic oxidation sites excluding steroid dienone is 2. The van der Waals surface area contributed by atoms with Crippen molar-refractivity contribution in [2.24, 2.45) is 0 Å². The standard InChI is InChI=1S/C19H22F3N3O/c20-19(21,22)16-5-7-17(8-6-16)24-18(26)23-10-12-25-11-9-14-3-1-2-4-15(14)13-25/h3-8H,1-2,9-13H2,(H2,23,24,26). The van der Waals surface area contributed by atoms with Crippen molar-refractivity contribution in [3.63, 3.8) is 0 Å². The Labute approximate surface area is 150 Å². The summed E-state index contributed by atoms with van der Waals surface area (Å²) >= 11 is 0. The molecule has 1 aromatic carbocycles. The van der Waals surface area contributed by atoms with E-state index < -0.39 is 17.8 Å². The molecule has 7 heteroatoms. The lowest BCUT2D eigenvalue weighted by atomic mass is 9.92. The van der Waals surface area contributed by atoms with Crippen LogP contribution in [-0.4, -0.2) is 37.1 Å². The molecule has 1 heterocycles. The van der Waals surface area contributed by atoms with Crippen molar-refractivity contribution in [1.82, 2.24) is 10.2 Å². The summed E-state index contributed by atoms with van der Waals surface area (Å²) in [6, 6.07) is 3.98. The molecule has 26 heavy (non-hydrogen) atoms. The molecule has 1 saturated heterocycles. The maximum atomic E-state index is 12.5. The Morgan fingerprint density at radius 2 is 1.77 bits per heavy atom. The summed E-state index contributed by atoms with van der Waals surface area (Å²) in [6.07, 6.45) is 3.52. The summed E-state index contributed by atoms with van der Waals surface area (Å²) in [5.41, 5.74) is 2.45. The zero-order valence-electron chi connectivity index (χ0n) is 14.4. The van der Waals surface area contributed by atoms with Crippen molar-refractivity contribution in [3.05, 3.63) is 53.1 Å². The third-order valence-electron chi connectivity index (χ3n) is 4.64. The van der Waals surface area contributed by atoms with E-state index in [4.69, 9.17) is 0 Å². The van der Waals surface area contributed by atoms with Crippen molar-refractivity contribution in [1.29, 1.82) is 0 Å². The molecule has 1 aliphatic heterocycles. The highest BCUT2D eigenvalue weighted by Crippen LogP contribution is 2.30. The third kappa shape index (κ3) is 4.88. The molecule has 3 rings (SSSR count). The van der Waals surface area contributed by atoms with Gasteiger partial charge in [-0.15, -0.1) is 0 Å². The van der Waals surface area contributed by atoms with Crippen LogP contribution in [0.25, 0.3) is 0 Å². The van der Waals surface area contributed by atoms with Gasteiger partial charge in [-0.25, -0.2) is 4.79 Å². The summed E-state index contributed by atoms with van der Waals surface area (Å²) in [5, 5.41) is 5.29. The monoisotopic (exact) mass is 365 g/mol. The van der Waals surface area contributed by atoms with E-state index in [0.29, 0.717) is 12.2 Å². The highest BCUT2D eigenvalue weighted by atomic mass is 19.4. The molecule has 0 spiro atoms. The summed E-state index contributed by atoms with van der Waals surface area (Å²) in [6.45, 7) is 3.11. The third-order valence-corrected chi connectivity index (χ3v) is 4.64. The van der Waals surface area contributed by atoms with Gasteiger partial charge in [-0.1, -0.05) is 12.2 Å². The van der Waals surface area contributed by atoms with Crippen LogP contribution in [0, 0.1) is 0 Å². The zero-order valence-corrected chi connectivity index (χ0v) is 14.4. The van der Waals surface area contributed by atoms with Crippen molar-refractivity contribution < 1.29 is 18.0 Å².